The van der Waals surface area contributed by atoms with Crippen molar-refractivity contribution in [2.45, 2.75) is 20.8 Å². The third-order valence-electron chi connectivity index (χ3n) is 2.48. The van der Waals surface area contributed by atoms with Crippen LogP contribution in [0.4, 0.5) is 5.69 Å². The molecule has 2 N–H and O–H groups in total. The molecule has 17 heavy (non-hydrogen) atoms. The van der Waals surface area contributed by atoms with Crippen LogP contribution in [0, 0.1) is 13.8 Å². The number of amides is 1. The Morgan fingerprint density at radius 2 is 1.94 bits per heavy atom. The summed E-state index contributed by atoms with van der Waals surface area (Å²) in [5.41, 5.74) is 2.25. The highest BCUT2D eigenvalue weighted by atomic mass is 16.4. The lowest BCUT2D eigenvalue weighted by molar-refractivity contribution is -0.111. The normalized spacial score (nSPS) is 10.5. The fourth-order valence-electron chi connectivity index (χ4n) is 1.49. The molecule has 90 valence electrons. The number of carbonyl (C=O) groups excluding carboxylic acids is 1. The van der Waals surface area contributed by atoms with Gasteiger partial charge in [-0.2, -0.15) is 0 Å². The molecular weight excluding hydrogens is 218 g/mol. The number of hydrogen-bond acceptors (Lipinski definition) is 2. The predicted molar refractivity (Wildman–Crippen MR) is 66.3 cm³/mol. The molecule has 0 unspecified atom stereocenters. The molecule has 1 aromatic rings. The molecule has 0 aliphatic heterocycles. The zero-order chi connectivity index (χ0) is 13.0. The van der Waals surface area contributed by atoms with Gasteiger partial charge in [-0.1, -0.05) is 6.08 Å². The third kappa shape index (κ3) is 3.17. The van der Waals surface area contributed by atoms with Crippen LogP contribution in [0.15, 0.2) is 24.3 Å². The van der Waals surface area contributed by atoms with Crippen molar-refractivity contribution < 1.29 is 14.7 Å². The van der Waals surface area contributed by atoms with E-state index in [0.717, 1.165) is 5.56 Å². The van der Waals surface area contributed by atoms with Gasteiger partial charge in [0.15, 0.2) is 0 Å². The first kappa shape index (κ1) is 13.0. The van der Waals surface area contributed by atoms with E-state index < -0.39 is 5.97 Å². The van der Waals surface area contributed by atoms with Crippen molar-refractivity contribution in [3.63, 3.8) is 0 Å². The summed E-state index contributed by atoms with van der Waals surface area (Å²) in [6.45, 7) is 5.30. The molecular formula is C13H15NO3. The Hall–Kier alpha value is -2.10. The summed E-state index contributed by atoms with van der Waals surface area (Å²) in [7, 11) is 0. The molecule has 0 atom stereocenters. The summed E-state index contributed by atoms with van der Waals surface area (Å²) >= 11 is 0. The van der Waals surface area contributed by atoms with Gasteiger partial charge in [-0.3, -0.25) is 4.79 Å². The number of nitrogens with one attached hydrogen (secondary N) is 1. The Labute approximate surface area is 100.0 Å². The minimum Gasteiger partial charge on any atom is -0.478 e. The average Bonchev–Trinajstić information content (AvgIpc) is 2.23. The molecule has 1 rings (SSSR count). The highest BCUT2D eigenvalue weighted by molar-refractivity contribution is 6.00. The minimum atomic E-state index is -0.993. The third-order valence-corrected chi connectivity index (χ3v) is 2.48. The van der Waals surface area contributed by atoms with Crippen molar-refractivity contribution in [2.24, 2.45) is 0 Å². The summed E-state index contributed by atoms with van der Waals surface area (Å²) in [6.07, 6.45) is 3.00. The highest BCUT2D eigenvalue weighted by Gasteiger charge is 2.11. The first-order chi connectivity index (χ1) is 7.95. The second-order valence-electron chi connectivity index (χ2n) is 3.76. The first-order valence-corrected chi connectivity index (χ1v) is 5.24. The van der Waals surface area contributed by atoms with Crippen LogP contribution in [0.3, 0.4) is 0 Å². The van der Waals surface area contributed by atoms with Gasteiger partial charge in [-0.25, -0.2) is 4.79 Å². The van der Waals surface area contributed by atoms with E-state index in [1.807, 2.05) is 6.92 Å². The lowest BCUT2D eigenvalue weighted by Crippen LogP contribution is -2.10. The SMILES string of the molecule is CC=CC(=O)Nc1cc(C)c(C)c(C(=O)O)c1. The molecule has 4 heteroatoms. The standard InChI is InChI=1S/C13H15NO3/c1-4-5-12(15)14-10-6-8(2)9(3)11(7-10)13(16)17/h4-7H,1-3H3,(H,14,15)(H,16,17). The Morgan fingerprint density at radius 1 is 1.29 bits per heavy atom. The number of aromatic carboxylic acids is 1. The largest absolute Gasteiger partial charge is 0.478 e. The quantitative estimate of drug-likeness (QED) is 0.788. The van der Waals surface area contributed by atoms with Crippen LogP contribution in [-0.4, -0.2) is 17.0 Å². The average molecular weight is 233 g/mol. The lowest BCUT2D eigenvalue weighted by Gasteiger charge is -2.09. The fraction of sp³-hybridized carbons (Fsp3) is 0.231. The van der Waals surface area contributed by atoms with Crippen LogP contribution in [0.1, 0.15) is 28.4 Å². The molecule has 0 heterocycles. The van der Waals surface area contributed by atoms with Gasteiger partial charge in [0.1, 0.15) is 0 Å². The molecule has 4 nitrogen and oxygen atoms in total. The van der Waals surface area contributed by atoms with Crippen molar-refractivity contribution in [2.75, 3.05) is 5.32 Å². The zero-order valence-corrected chi connectivity index (χ0v) is 10.1. The Kier molecular flexibility index (Phi) is 4.04. The topological polar surface area (TPSA) is 66.4 Å². The maximum absolute atomic E-state index is 11.3. The maximum atomic E-state index is 11.3. The minimum absolute atomic E-state index is 0.209. The number of carbonyl (C=O) groups is 2. The van der Waals surface area contributed by atoms with Crippen molar-refractivity contribution >= 4 is 17.6 Å². The number of carboxylic acid groups (broad SMARTS) is 1. The molecule has 0 aliphatic rings. The van der Waals surface area contributed by atoms with Crippen LogP contribution < -0.4 is 5.32 Å². The molecule has 0 saturated heterocycles. The van der Waals surface area contributed by atoms with Crippen molar-refractivity contribution in [3.05, 3.63) is 41.0 Å². The first-order valence-electron chi connectivity index (χ1n) is 5.24. The van der Waals surface area contributed by atoms with E-state index in [4.69, 9.17) is 5.11 Å². The molecule has 1 aromatic carbocycles. The van der Waals surface area contributed by atoms with Gasteiger partial charge in [0.05, 0.1) is 5.56 Å². The van der Waals surface area contributed by atoms with Gasteiger partial charge in [0.2, 0.25) is 5.91 Å². The monoisotopic (exact) mass is 233 g/mol. The number of carboxylic acids is 1. The van der Waals surface area contributed by atoms with E-state index in [9.17, 15) is 9.59 Å². The Bertz CT molecular complexity index is 490. The van der Waals surface area contributed by atoms with E-state index in [2.05, 4.69) is 5.32 Å². The molecule has 0 radical (unpaired) electrons. The summed E-state index contributed by atoms with van der Waals surface area (Å²) in [5.74, 6) is -1.26. The predicted octanol–water partition coefficient (Wildman–Crippen LogP) is 2.52. The van der Waals surface area contributed by atoms with E-state index in [0.29, 0.717) is 11.3 Å². The Balaban J connectivity index is 3.11. The molecule has 0 fully saturated rings. The number of allylic oxidation sites excluding steroid dienone is 1. The maximum Gasteiger partial charge on any atom is 0.336 e. The van der Waals surface area contributed by atoms with Gasteiger partial charge in [-0.05, 0) is 50.1 Å². The van der Waals surface area contributed by atoms with Crippen molar-refractivity contribution in [1.29, 1.82) is 0 Å². The van der Waals surface area contributed by atoms with E-state index in [1.165, 1.54) is 12.1 Å². The molecule has 0 saturated carbocycles. The van der Waals surface area contributed by atoms with E-state index in [1.54, 1.807) is 26.0 Å². The molecule has 0 aliphatic carbocycles. The number of hydrogen-bond donors (Lipinski definition) is 2. The summed E-state index contributed by atoms with van der Waals surface area (Å²) in [5, 5.41) is 11.6. The van der Waals surface area contributed by atoms with Gasteiger partial charge in [-0.15, -0.1) is 0 Å². The summed E-state index contributed by atoms with van der Waals surface area (Å²) in [4.78, 5) is 22.4. The zero-order valence-electron chi connectivity index (χ0n) is 10.1. The van der Waals surface area contributed by atoms with Gasteiger partial charge in [0, 0.05) is 5.69 Å². The van der Waals surface area contributed by atoms with Crippen LogP contribution in [-0.2, 0) is 4.79 Å². The number of rotatable bonds is 3. The summed E-state index contributed by atoms with van der Waals surface area (Å²) in [6, 6.07) is 3.22. The second kappa shape index (κ2) is 5.30. The highest BCUT2D eigenvalue weighted by Crippen LogP contribution is 2.20. The van der Waals surface area contributed by atoms with Crippen molar-refractivity contribution in [1.82, 2.24) is 0 Å². The van der Waals surface area contributed by atoms with E-state index in [-0.39, 0.29) is 11.5 Å². The van der Waals surface area contributed by atoms with Gasteiger partial charge >= 0.3 is 5.97 Å². The number of benzene rings is 1. The van der Waals surface area contributed by atoms with Gasteiger partial charge in [0.25, 0.3) is 0 Å². The van der Waals surface area contributed by atoms with Crippen LogP contribution >= 0.6 is 0 Å². The van der Waals surface area contributed by atoms with Gasteiger partial charge < -0.3 is 10.4 Å². The molecule has 0 bridgehead atoms. The molecule has 0 spiro atoms. The number of aryl methyl sites for hydroxylation is 1. The second-order valence-corrected chi connectivity index (χ2v) is 3.76. The summed E-state index contributed by atoms with van der Waals surface area (Å²) < 4.78 is 0. The Morgan fingerprint density at radius 3 is 2.47 bits per heavy atom. The lowest BCUT2D eigenvalue weighted by atomic mass is 10.0. The fourth-order valence-corrected chi connectivity index (χ4v) is 1.49. The molecule has 1 amide bonds. The number of anilines is 1. The van der Waals surface area contributed by atoms with Crippen LogP contribution in [0.5, 0.6) is 0 Å². The molecule has 0 aromatic heterocycles. The van der Waals surface area contributed by atoms with E-state index >= 15 is 0 Å². The van der Waals surface area contributed by atoms with Crippen LogP contribution in [0.2, 0.25) is 0 Å². The van der Waals surface area contributed by atoms with Crippen molar-refractivity contribution in [3.8, 4) is 0 Å². The smallest absolute Gasteiger partial charge is 0.336 e. The van der Waals surface area contributed by atoms with Crippen LogP contribution in [0.25, 0.3) is 0 Å².